The maximum absolute atomic E-state index is 4.70. The number of nitrogens with one attached hydrogen (secondary N) is 1. The summed E-state index contributed by atoms with van der Waals surface area (Å²) in [5.74, 6) is 0.713. The van der Waals surface area contributed by atoms with Crippen molar-refractivity contribution in [2.75, 3.05) is 6.54 Å². The monoisotopic (exact) mass is 218 g/mol. The van der Waals surface area contributed by atoms with Crippen LogP contribution in [0.2, 0.25) is 0 Å². The molecule has 0 saturated carbocycles. The van der Waals surface area contributed by atoms with E-state index in [0.717, 1.165) is 12.1 Å². The highest BCUT2D eigenvalue weighted by Crippen LogP contribution is 2.33. The molecule has 0 amide bonds. The molecule has 78 valence electrons. The van der Waals surface area contributed by atoms with Crippen molar-refractivity contribution in [1.29, 1.82) is 0 Å². The number of para-hydroxylation sites is 1. The van der Waals surface area contributed by atoms with Crippen LogP contribution in [-0.4, -0.2) is 11.5 Å². The summed E-state index contributed by atoms with van der Waals surface area (Å²) >= 11 is 1.82. The van der Waals surface area contributed by atoms with Crippen molar-refractivity contribution in [2.24, 2.45) is 5.92 Å². The van der Waals surface area contributed by atoms with E-state index >= 15 is 0 Å². The summed E-state index contributed by atoms with van der Waals surface area (Å²) in [6.45, 7) is 3.43. The molecule has 3 heteroatoms. The van der Waals surface area contributed by atoms with Crippen LogP contribution in [0.3, 0.4) is 0 Å². The Balaban J connectivity index is 2.04. The minimum absolute atomic E-state index is 0.474. The van der Waals surface area contributed by atoms with Crippen molar-refractivity contribution in [2.45, 2.75) is 19.4 Å². The standard InChI is InChI=1S/C12H14N2S/c1-8-6-7-13-11(8)12-14-9-4-2-3-5-10(9)15-12/h2-5,8,11,13H,6-7H2,1H3. The molecule has 2 unspecified atom stereocenters. The largest absolute Gasteiger partial charge is 0.308 e. The second kappa shape index (κ2) is 3.58. The van der Waals surface area contributed by atoms with Crippen LogP contribution in [0, 0.1) is 5.92 Å². The molecule has 1 aliphatic heterocycles. The molecular weight excluding hydrogens is 204 g/mol. The van der Waals surface area contributed by atoms with Crippen LogP contribution in [0.15, 0.2) is 24.3 Å². The van der Waals surface area contributed by atoms with Crippen LogP contribution in [0.5, 0.6) is 0 Å². The number of thiazole rings is 1. The highest BCUT2D eigenvalue weighted by molar-refractivity contribution is 7.18. The molecular formula is C12H14N2S. The van der Waals surface area contributed by atoms with Crippen LogP contribution < -0.4 is 5.32 Å². The quantitative estimate of drug-likeness (QED) is 0.796. The third kappa shape index (κ3) is 1.56. The number of aromatic nitrogens is 1. The molecule has 15 heavy (non-hydrogen) atoms. The van der Waals surface area contributed by atoms with Gasteiger partial charge in [0.2, 0.25) is 0 Å². The highest BCUT2D eigenvalue weighted by Gasteiger charge is 2.26. The zero-order chi connectivity index (χ0) is 10.3. The zero-order valence-corrected chi connectivity index (χ0v) is 9.55. The van der Waals surface area contributed by atoms with Crippen molar-refractivity contribution < 1.29 is 0 Å². The fraction of sp³-hybridized carbons (Fsp3) is 0.417. The number of rotatable bonds is 1. The molecule has 2 nitrogen and oxygen atoms in total. The molecule has 1 saturated heterocycles. The number of hydrogen-bond acceptors (Lipinski definition) is 3. The lowest BCUT2D eigenvalue weighted by atomic mass is 10.0. The molecule has 2 atom stereocenters. The molecule has 0 spiro atoms. The fourth-order valence-corrected chi connectivity index (χ4v) is 3.36. The van der Waals surface area contributed by atoms with Gasteiger partial charge >= 0.3 is 0 Å². The maximum atomic E-state index is 4.70. The molecule has 1 aromatic carbocycles. The first kappa shape index (κ1) is 9.31. The first-order chi connectivity index (χ1) is 7.34. The third-order valence-corrected chi connectivity index (χ3v) is 4.23. The van der Waals surface area contributed by atoms with E-state index in [1.165, 1.54) is 16.1 Å². The molecule has 3 rings (SSSR count). The van der Waals surface area contributed by atoms with Gasteiger partial charge in [0.25, 0.3) is 0 Å². The average molecular weight is 218 g/mol. The second-order valence-corrected chi connectivity index (χ2v) is 5.28. The molecule has 1 aromatic heterocycles. The lowest BCUT2D eigenvalue weighted by molar-refractivity contribution is 0.502. The van der Waals surface area contributed by atoms with Gasteiger partial charge in [-0.05, 0) is 31.0 Å². The molecule has 1 fully saturated rings. The molecule has 0 aliphatic carbocycles. The summed E-state index contributed by atoms with van der Waals surface area (Å²) in [4.78, 5) is 4.70. The van der Waals surface area contributed by atoms with Gasteiger partial charge in [-0.15, -0.1) is 11.3 Å². The number of benzene rings is 1. The normalized spacial score (nSPS) is 26.2. The van der Waals surface area contributed by atoms with Crippen molar-refractivity contribution in [3.63, 3.8) is 0 Å². The lowest BCUT2D eigenvalue weighted by Gasteiger charge is -2.11. The van der Waals surface area contributed by atoms with Gasteiger partial charge < -0.3 is 5.32 Å². The van der Waals surface area contributed by atoms with E-state index in [-0.39, 0.29) is 0 Å². The van der Waals surface area contributed by atoms with E-state index in [1.807, 2.05) is 11.3 Å². The van der Waals surface area contributed by atoms with E-state index in [9.17, 15) is 0 Å². The summed E-state index contributed by atoms with van der Waals surface area (Å²) in [5.41, 5.74) is 1.14. The smallest absolute Gasteiger partial charge is 0.111 e. The van der Waals surface area contributed by atoms with Crippen LogP contribution in [0.1, 0.15) is 24.4 Å². The van der Waals surface area contributed by atoms with Crippen molar-refractivity contribution >= 4 is 21.6 Å². The topological polar surface area (TPSA) is 24.9 Å². The first-order valence-corrected chi connectivity index (χ1v) is 6.25. The fourth-order valence-electron chi connectivity index (χ4n) is 2.19. The summed E-state index contributed by atoms with van der Waals surface area (Å²) < 4.78 is 1.30. The van der Waals surface area contributed by atoms with E-state index in [0.29, 0.717) is 12.0 Å². The van der Waals surface area contributed by atoms with Gasteiger partial charge in [-0.3, -0.25) is 0 Å². The Bertz CT molecular complexity index is 444. The third-order valence-electron chi connectivity index (χ3n) is 3.11. The van der Waals surface area contributed by atoms with Crippen molar-refractivity contribution in [3.05, 3.63) is 29.3 Å². The summed E-state index contributed by atoms with van der Waals surface area (Å²) in [6, 6.07) is 8.85. The van der Waals surface area contributed by atoms with Crippen molar-refractivity contribution in [3.8, 4) is 0 Å². The summed E-state index contributed by atoms with van der Waals surface area (Å²) in [7, 11) is 0. The molecule has 0 bridgehead atoms. The van der Waals surface area contributed by atoms with Crippen LogP contribution >= 0.6 is 11.3 Å². The summed E-state index contributed by atoms with van der Waals surface area (Å²) in [5, 5.41) is 4.78. The van der Waals surface area contributed by atoms with E-state index < -0.39 is 0 Å². The van der Waals surface area contributed by atoms with E-state index in [4.69, 9.17) is 4.98 Å². The SMILES string of the molecule is CC1CCNC1c1nc2ccccc2s1. The minimum atomic E-state index is 0.474. The summed E-state index contributed by atoms with van der Waals surface area (Å²) in [6.07, 6.45) is 1.26. The Morgan fingerprint density at radius 1 is 1.40 bits per heavy atom. The maximum Gasteiger partial charge on any atom is 0.111 e. The molecule has 1 N–H and O–H groups in total. The van der Waals surface area contributed by atoms with Gasteiger partial charge in [0.1, 0.15) is 5.01 Å². The Morgan fingerprint density at radius 3 is 3.00 bits per heavy atom. The van der Waals surface area contributed by atoms with Gasteiger partial charge in [0.05, 0.1) is 16.3 Å². The predicted molar refractivity (Wildman–Crippen MR) is 64.1 cm³/mol. The van der Waals surface area contributed by atoms with Crippen LogP contribution in [0.25, 0.3) is 10.2 Å². The van der Waals surface area contributed by atoms with Gasteiger partial charge in [-0.25, -0.2) is 4.98 Å². The van der Waals surface area contributed by atoms with Gasteiger partial charge in [0.15, 0.2) is 0 Å². The number of fused-ring (bicyclic) bond motifs is 1. The minimum Gasteiger partial charge on any atom is -0.308 e. The van der Waals surface area contributed by atoms with Gasteiger partial charge in [-0.2, -0.15) is 0 Å². The Morgan fingerprint density at radius 2 is 2.27 bits per heavy atom. The molecule has 2 heterocycles. The molecule has 2 aromatic rings. The second-order valence-electron chi connectivity index (χ2n) is 4.22. The molecule has 1 aliphatic rings. The Kier molecular flexibility index (Phi) is 2.22. The van der Waals surface area contributed by atoms with Crippen molar-refractivity contribution in [1.82, 2.24) is 10.3 Å². The van der Waals surface area contributed by atoms with E-state index in [1.54, 1.807) is 0 Å². The van der Waals surface area contributed by atoms with Gasteiger partial charge in [-0.1, -0.05) is 19.1 Å². The van der Waals surface area contributed by atoms with Gasteiger partial charge in [0, 0.05) is 0 Å². The highest BCUT2D eigenvalue weighted by atomic mass is 32.1. The molecule has 0 radical (unpaired) electrons. The number of hydrogen-bond donors (Lipinski definition) is 1. The van der Waals surface area contributed by atoms with Crippen LogP contribution in [-0.2, 0) is 0 Å². The Hall–Kier alpha value is -0.930. The lowest BCUT2D eigenvalue weighted by Crippen LogP contribution is -2.15. The first-order valence-electron chi connectivity index (χ1n) is 5.43. The average Bonchev–Trinajstić information content (AvgIpc) is 2.82. The predicted octanol–water partition coefficient (Wildman–Crippen LogP) is 2.97. The van der Waals surface area contributed by atoms with Crippen LogP contribution in [0.4, 0.5) is 0 Å². The number of nitrogens with zero attached hydrogens (tertiary/aromatic N) is 1. The zero-order valence-electron chi connectivity index (χ0n) is 8.73. The van der Waals surface area contributed by atoms with E-state index in [2.05, 4.69) is 36.5 Å². The Labute approximate surface area is 93.3 Å².